The molecular weight excluding hydrogens is 252 g/mol. The van der Waals surface area contributed by atoms with E-state index in [2.05, 4.69) is 10.6 Å². The minimum absolute atomic E-state index is 0.253. The largest absolute Gasteiger partial charge is 0.398 e. The summed E-state index contributed by atoms with van der Waals surface area (Å²) in [4.78, 5) is 11.7. The van der Waals surface area contributed by atoms with Crippen LogP contribution < -0.4 is 22.1 Å². The molecule has 0 unspecified atom stereocenters. The number of nitrogens with two attached hydrogens (primary N) is 2. The second-order valence-electron chi connectivity index (χ2n) is 4.43. The molecule has 6 N–H and O–H groups in total. The lowest BCUT2D eigenvalue weighted by Crippen LogP contribution is -2.34. The van der Waals surface area contributed by atoms with Crippen LogP contribution in [0.15, 0.2) is 48.5 Å². The second kappa shape index (κ2) is 6.47. The van der Waals surface area contributed by atoms with Gasteiger partial charge in [0.05, 0.1) is 0 Å². The van der Waals surface area contributed by atoms with E-state index in [0.717, 1.165) is 11.1 Å². The van der Waals surface area contributed by atoms with Crippen molar-refractivity contribution in [3.05, 3.63) is 59.7 Å². The van der Waals surface area contributed by atoms with Gasteiger partial charge in [-0.3, -0.25) is 0 Å². The molecule has 0 radical (unpaired) electrons. The SMILES string of the molecule is Nc1ccccc1CNC(=O)NCc1ccccc1N. The molecule has 20 heavy (non-hydrogen) atoms. The number of hydrogen-bond donors (Lipinski definition) is 4. The molecule has 5 nitrogen and oxygen atoms in total. The van der Waals surface area contributed by atoms with E-state index in [0.29, 0.717) is 24.5 Å². The number of nitrogen functional groups attached to an aromatic ring is 2. The Morgan fingerprint density at radius 1 is 0.800 bits per heavy atom. The minimum Gasteiger partial charge on any atom is -0.398 e. The highest BCUT2D eigenvalue weighted by molar-refractivity contribution is 5.74. The summed E-state index contributed by atoms with van der Waals surface area (Å²) in [5, 5.41) is 5.52. The summed E-state index contributed by atoms with van der Waals surface area (Å²) in [6.07, 6.45) is 0. The van der Waals surface area contributed by atoms with Crippen LogP contribution in [0.1, 0.15) is 11.1 Å². The van der Waals surface area contributed by atoms with Gasteiger partial charge in [-0.1, -0.05) is 36.4 Å². The number of urea groups is 1. The average molecular weight is 270 g/mol. The van der Waals surface area contributed by atoms with Crippen LogP contribution in [0.25, 0.3) is 0 Å². The number of benzene rings is 2. The third-order valence-corrected chi connectivity index (χ3v) is 2.99. The first-order valence-corrected chi connectivity index (χ1v) is 6.35. The monoisotopic (exact) mass is 270 g/mol. The molecule has 2 aromatic rings. The Kier molecular flexibility index (Phi) is 4.44. The average Bonchev–Trinajstić information content (AvgIpc) is 2.45. The zero-order chi connectivity index (χ0) is 14.4. The molecule has 2 amide bonds. The first-order valence-electron chi connectivity index (χ1n) is 6.35. The lowest BCUT2D eigenvalue weighted by molar-refractivity contribution is 0.240. The summed E-state index contributed by atoms with van der Waals surface area (Å²) < 4.78 is 0. The Morgan fingerprint density at radius 3 is 1.60 bits per heavy atom. The smallest absolute Gasteiger partial charge is 0.315 e. The Hall–Kier alpha value is -2.69. The number of hydrogen-bond acceptors (Lipinski definition) is 3. The maximum absolute atomic E-state index is 11.7. The van der Waals surface area contributed by atoms with Crippen molar-refractivity contribution in [1.82, 2.24) is 10.6 Å². The molecule has 0 aliphatic rings. The number of carbonyl (C=O) groups excluding carboxylic acids is 1. The quantitative estimate of drug-likeness (QED) is 0.639. The first-order chi connectivity index (χ1) is 9.66. The van der Waals surface area contributed by atoms with Crippen LogP contribution >= 0.6 is 0 Å². The van der Waals surface area contributed by atoms with Gasteiger partial charge in [0.15, 0.2) is 0 Å². The van der Waals surface area contributed by atoms with Crippen molar-refractivity contribution in [2.75, 3.05) is 11.5 Å². The molecule has 104 valence electrons. The van der Waals surface area contributed by atoms with E-state index in [1.807, 2.05) is 36.4 Å². The summed E-state index contributed by atoms with van der Waals surface area (Å²) in [7, 11) is 0. The molecule has 0 saturated heterocycles. The molecule has 2 rings (SSSR count). The highest BCUT2D eigenvalue weighted by Gasteiger charge is 2.03. The predicted octanol–water partition coefficient (Wildman–Crippen LogP) is 1.85. The minimum atomic E-state index is -0.253. The molecule has 0 aliphatic heterocycles. The molecule has 0 bridgehead atoms. The van der Waals surface area contributed by atoms with Gasteiger partial charge in [0.1, 0.15) is 0 Å². The van der Waals surface area contributed by atoms with Gasteiger partial charge >= 0.3 is 6.03 Å². The first kappa shape index (κ1) is 13.7. The predicted molar refractivity (Wildman–Crippen MR) is 80.8 cm³/mol. The summed E-state index contributed by atoms with van der Waals surface area (Å²) in [5.74, 6) is 0. The van der Waals surface area contributed by atoms with E-state index in [1.165, 1.54) is 0 Å². The zero-order valence-electron chi connectivity index (χ0n) is 11.1. The molecule has 2 aromatic carbocycles. The molecule has 5 heteroatoms. The van der Waals surface area contributed by atoms with E-state index >= 15 is 0 Å². The zero-order valence-corrected chi connectivity index (χ0v) is 11.1. The summed E-state index contributed by atoms with van der Waals surface area (Å²) in [6.45, 7) is 0.783. The fourth-order valence-electron chi connectivity index (χ4n) is 1.80. The molecule has 0 aliphatic carbocycles. The number of carbonyl (C=O) groups is 1. The number of rotatable bonds is 4. The number of nitrogens with one attached hydrogen (secondary N) is 2. The fraction of sp³-hybridized carbons (Fsp3) is 0.133. The third-order valence-electron chi connectivity index (χ3n) is 2.99. The Labute approximate surface area is 118 Å². The van der Waals surface area contributed by atoms with Crippen LogP contribution in [0.4, 0.5) is 16.2 Å². The van der Waals surface area contributed by atoms with Gasteiger partial charge < -0.3 is 22.1 Å². The molecule has 0 fully saturated rings. The van der Waals surface area contributed by atoms with E-state index in [1.54, 1.807) is 12.1 Å². The van der Waals surface area contributed by atoms with Crippen molar-refractivity contribution in [3.63, 3.8) is 0 Å². The summed E-state index contributed by atoms with van der Waals surface area (Å²) in [6, 6.07) is 14.6. The summed E-state index contributed by atoms with van der Waals surface area (Å²) in [5.41, 5.74) is 14.7. The van der Waals surface area contributed by atoms with E-state index in [9.17, 15) is 4.79 Å². The van der Waals surface area contributed by atoms with Gasteiger partial charge in [0.25, 0.3) is 0 Å². The standard InChI is InChI=1S/C15H18N4O/c16-13-7-3-1-5-11(13)9-18-15(20)19-10-12-6-2-4-8-14(12)17/h1-8H,9-10,16-17H2,(H2,18,19,20). The lowest BCUT2D eigenvalue weighted by Gasteiger charge is -2.10. The van der Waals surface area contributed by atoms with Gasteiger partial charge in [-0.15, -0.1) is 0 Å². The lowest BCUT2D eigenvalue weighted by atomic mass is 10.2. The molecular formula is C15H18N4O. The van der Waals surface area contributed by atoms with E-state index in [4.69, 9.17) is 11.5 Å². The van der Waals surface area contributed by atoms with Crippen molar-refractivity contribution in [1.29, 1.82) is 0 Å². The van der Waals surface area contributed by atoms with Crippen LogP contribution in [0.5, 0.6) is 0 Å². The van der Waals surface area contributed by atoms with Crippen LogP contribution in [0, 0.1) is 0 Å². The number of amides is 2. The highest BCUT2D eigenvalue weighted by Crippen LogP contribution is 2.10. The molecule has 0 atom stereocenters. The molecule has 0 spiro atoms. The molecule has 0 heterocycles. The highest BCUT2D eigenvalue weighted by atomic mass is 16.2. The second-order valence-corrected chi connectivity index (χ2v) is 4.43. The molecule has 0 saturated carbocycles. The van der Waals surface area contributed by atoms with E-state index in [-0.39, 0.29) is 6.03 Å². The normalized spacial score (nSPS) is 10.0. The van der Waals surface area contributed by atoms with Gasteiger partial charge in [0.2, 0.25) is 0 Å². The van der Waals surface area contributed by atoms with Crippen molar-refractivity contribution in [2.24, 2.45) is 0 Å². The van der Waals surface area contributed by atoms with Gasteiger partial charge in [-0.2, -0.15) is 0 Å². The maximum atomic E-state index is 11.7. The maximum Gasteiger partial charge on any atom is 0.315 e. The van der Waals surface area contributed by atoms with Crippen molar-refractivity contribution >= 4 is 17.4 Å². The van der Waals surface area contributed by atoms with Gasteiger partial charge in [0, 0.05) is 24.5 Å². The Morgan fingerprint density at radius 2 is 1.20 bits per heavy atom. The molecule has 0 aromatic heterocycles. The van der Waals surface area contributed by atoms with Crippen molar-refractivity contribution < 1.29 is 4.79 Å². The van der Waals surface area contributed by atoms with Gasteiger partial charge in [-0.25, -0.2) is 4.79 Å². The van der Waals surface area contributed by atoms with Crippen LogP contribution in [-0.2, 0) is 13.1 Å². The Bertz CT molecular complexity index is 546. The van der Waals surface area contributed by atoms with Crippen molar-refractivity contribution in [3.8, 4) is 0 Å². The topological polar surface area (TPSA) is 93.2 Å². The van der Waals surface area contributed by atoms with Crippen LogP contribution in [-0.4, -0.2) is 6.03 Å². The summed E-state index contributed by atoms with van der Waals surface area (Å²) >= 11 is 0. The van der Waals surface area contributed by atoms with Crippen molar-refractivity contribution in [2.45, 2.75) is 13.1 Å². The van der Waals surface area contributed by atoms with Crippen LogP contribution in [0.2, 0.25) is 0 Å². The van der Waals surface area contributed by atoms with Crippen LogP contribution in [0.3, 0.4) is 0 Å². The number of anilines is 2. The third kappa shape index (κ3) is 3.65. The Balaban J connectivity index is 1.82. The fourth-order valence-corrected chi connectivity index (χ4v) is 1.80. The number of para-hydroxylation sites is 2. The van der Waals surface area contributed by atoms with E-state index < -0.39 is 0 Å². The van der Waals surface area contributed by atoms with Gasteiger partial charge in [-0.05, 0) is 23.3 Å².